The average molecular weight is 349 g/mol. The standard InChI is InChI=1S/C15H9FIN/c16-12-7-5-10(6-8-12)14-9-11-3-1-2-4-13(11)15(17)18-14/h1-9H. The topological polar surface area (TPSA) is 12.9 Å². The lowest BCUT2D eigenvalue weighted by Gasteiger charge is -2.05. The average Bonchev–Trinajstić information content (AvgIpc) is 2.39. The van der Waals surface area contributed by atoms with Crippen LogP contribution in [-0.4, -0.2) is 4.98 Å². The second-order valence-electron chi connectivity index (χ2n) is 4.03. The summed E-state index contributed by atoms with van der Waals surface area (Å²) in [6.45, 7) is 0. The van der Waals surface area contributed by atoms with Crippen LogP contribution in [0.2, 0.25) is 0 Å². The Morgan fingerprint density at radius 1 is 0.944 bits per heavy atom. The molecule has 0 saturated heterocycles. The third-order valence-electron chi connectivity index (χ3n) is 2.83. The van der Waals surface area contributed by atoms with Crippen molar-refractivity contribution in [2.45, 2.75) is 0 Å². The van der Waals surface area contributed by atoms with Gasteiger partial charge in [0.1, 0.15) is 9.52 Å². The molecule has 1 nitrogen and oxygen atoms in total. The van der Waals surface area contributed by atoms with Crippen molar-refractivity contribution in [2.75, 3.05) is 0 Å². The van der Waals surface area contributed by atoms with Gasteiger partial charge in [-0.2, -0.15) is 0 Å². The first kappa shape index (κ1) is 11.6. The van der Waals surface area contributed by atoms with E-state index in [1.807, 2.05) is 18.2 Å². The quantitative estimate of drug-likeness (QED) is 0.461. The minimum absolute atomic E-state index is 0.228. The molecule has 0 aliphatic carbocycles. The van der Waals surface area contributed by atoms with Crippen LogP contribution in [-0.2, 0) is 0 Å². The number of pyridine rings is 1. The number of hydrogen-bond acceptors (Lipinski definition) is 1. The second kappa shape index (κ2) is 4.65. The van der Waals surface area contributed by atoms with Gasteiger partial charge in [-0.1, -0.05) is 24.3 Å². The molecule has 0 aliphatic heterocycles. The Balaban J connectivity index is 2.21. The van der Waals surface area contributed by atoms with E-state index in [1.165, 1.54) is 12.1 Å². The maximum atomic E-state index is 12.9. The normalized spacial score (nSPS) is 10.8. The molecule has 18 heavy (non-hydrogen) atoms. The van der Waals surface area contributed by atoms with Crippen LogP contribution in [0.25, 0.3) is 22.0 Å². The number of hydrogen-bond donors (Lipinski definition) is 0. The zero-order valence-electron chi connectivity index (χ0n) is 9.40. The van der Waals surface area contributed by atoms with Gasteiger partial charge in [0.05, 0.1) is 5.69 Å². The first-order valence-electron chi connectivity index (χ1n) is 5.55. The molecule has 0 spiro atoms. The third-order valence-corrected chi connectivity index (χ3v) is 3.66. The highest BCUT2D eigenvalue weighted by Gasteiger charge is 2.05. The lowest BCUT2D eigenvalue weighted by molar-refractivity contribution is 0.628. The van der Waals surface area contributed by atoms with Gasteiger partial charge in [-0.15, -0.1) is 0 Å². The molecule has 0 saturated carbocycles. The van der Waals surface area contributed by atoms with E-state index in [0.29, 0.717) is 0 Å². The zero-order chi connectivity index (χ0) is 12.5. The van der Waals surface area contributed by atoms with Crippen molar-refractivity contribution >= 4 is 33.4 Å². The van der Waals surface area contributed by atoms with E-state index in [4.69, 9.17) is 0 Å². The Morgan fingerprint density at radius 2 is 1.67 bits per heavy atom. The number of halogens is 2. The van der Waals surface area contributed by atoms with E-state index >= 15 is 0 Å². The van der Waals surface area contributed by atoms with Crippen LogP contribution in [0.1, 0.15) is 0 Å². The summed E-state index contributed by atoms with van der Waals surface area (Å²) in [5.74, 6) is -0.228. The summed E-state index contributed by atoms with van der Waals surface area (Å²) < 4.78 is 13.9. The minimum Gasteiger partial charge on any atom is -0.241 e. The molecular formula is C15H9FIN. The largest absolute Gasteiger partial charge is 0.241 e. The second-order valence-corrected chi connectivity index (χ2v) is 5.05. The van der Waals surface area contributed by atoms with Gasteiger partial charge < -0.3 is 0 Å². The minimum atomic E-state index is -0.228. The maximum absolute atomic E-state index is 12.9. The Morgan fingerprint density at radius 3 is 2.44 bits per heavy atom. The van der Waals surface area contributed by atoms with Crippen LogP contribution in [0.4, 0.5) is 4.39 Å². The molecule has 0 bridgehead atoms. The Bertz CT molecular complexity index is 707. The predicted octanol–water partition coefficient (Wildman–Crippen LogP) is 4.65. The third kappa shape index (κ3) is 2.10. The fourth-order valence-corrected chi connectivity index (χ4v) is 2.68. The van der Waals surface area contributed by atoms with Crippen LogP contribution in [0.5, 0.6) is 0 Å². The molecule has 0 atom stereocenters. The maximum Gasteiger partial charge on any atom is 0.123 e. The van der Waals surface area contributed by atoms with E-state index < -0.39 is 0 Å². The number of fused-ring (bicyclic) bond motifs is 1. The Labute approximate surface area is 118 Å². The lowest BCUT2D eigenvalue weighted by Crippen LogP contribution is -1.89. The van der Waals surface area contributed by atoms with E-state index in [9.17, 15) is 4.39 Å². The predicted molar refractivity (Wildman–Crippen MR) is 79.9 cm³/mol. The van der Waals surface area contributed by atoms with Gasteiger partial charge in [-0.25, -0.2) is 9.37 Å². The van der Waals surface area contributed by atoms with Gasteiger partial charge in [0.25, 0.3) is 0 Å². The molecule has 88 valence electrons. The first-order valence-corrected chi connectivity index (χ1v) is 6.63. The molecule has 3 aromatic rings. The number of aromatic nitrogens is 1. The number of rotatable bonds is 1. The number of benzene rings is 2. The summed E-state index contributed by atoms with van der Waals surface area (Å²) in [4.78, 5) is 4.57. The van der Waals surface area contributed by atoms with Crippen molar-refractivity contribution < 1.29 is 4.39 Å². The lowest BCUT2D eigenvalue weighted by atomic mass is 10.1. The van der Waals surface area contributed by atoms with E-state index in [-0.39, 0.29) is 5.82 Å². The Hall–Kier alpha value is -1.49. The van der Waals surface area contributed by atoms with E-state index in [0.717, 1.165) is 25.7 Å². The molecule has 2 aromatic carbocycles. The van der Waals surface area contributed by atoms with Crippen molar-refractivity contribution in [2.24, 2.45) is 0 Å². The monoisotopic (exact) mass is 349 g/mol. The summed E-state index contributed by atoms with van der Waals surface area (Å²) in [5, 5.41) is 2.29. The smallest absolute Gasteiger partial charge is 0.123 e. The molecule has 0 fully saturated rings. The van der Waals surface area contributed by atoms with Gasteiger partial charge in [0, 0.05) is 10.9 Å². The van der Waals surface area contributed by atoms with Crippen molar-refractivity contribution in [3.8, 4) is 11.3 Å². The molecule has 0 N–H and O–H groups in total. The molecule has 3 heteroatoms. The summed E-state index contributed by atoms with van der Waals surface area (Å²) in [6.07, 6.45) is 0. The van der Waals surface area contributed by atoms with Crippen LogP contribution in [0.15, 0.2) is 54.6 Å². The van der Waals surface area contributed by atoms with Crippen LogP contribution in [0, 0.1) is 9.52 Å². The molecular weight excluding hydrogens is 340 g/mol. The van der Waals surface area contributed by atoms with Gasteiger partial charge in [0.2, 0.25) is 0 Å². The first-order chi connectivity index (χ1) is 8.74. The van der Waals surface area contributed by atoms with Gasteiger partial charge in [-0.3, -0.25) is 0 Å². The van der Waals surface area contributed by atoms with Gasteiger partial charge >= 0.3 is 0 Å². The van der Waals surface area contributed by atoms with Crippen molar-refractivity contribution in [3.05, 3.63) is 64.1 Å². The molecule has 1 heterocycles. The highest BCUT2D eigenvalue weighted by atomic mass is 127. The summed E-state index contributed by atoms with van der Waals surface area (Å²) >= 11 is 2.23. The molecule has 0 aliphatic rings. The van der Waals surface area contributed by atoms with Crippen molar-refractivity contribution in [1.82, 2.24) is 4.98 Å². The van der Waals surface area contributed by atoms with Crippen molar-refractivity contribution in [3.63, 3.8) is 0 Å². The molecule has 0 radical (unpaired) electrons. The number of nitrogens with zero attached hydrogens (tertiary/aromatic N) is 1. The fourth-order valence-electron chi connectivity index (χ4n) is 1.92. The highest BCUT2D eigenvalue weighted by molar-refractivity contribution is 14.1. The molecule has 1 aromatic heterocycles. The van der Waals surface area contributed by atoms with E-state index in [1.54, 1.807) is 12.1 Å². The molecule has 3 rings (SSSR count). The highest BCUT2D eigenvalue weighted by Crippen LogP contribution is 2.25. The molecule has 0 unspecified atom stereocenters. The van der Waals surface area contributed by atoms with Crippen LogP contribution >= 0.6 is 22.6 Å². The summed E-state index contributed by atoms with van der Waals surface area (Å²) in [6, 6.07) is 16.6. The van der Waals surface area contributed by atoms with Crippen LogP contribution < -0.4 is 0 Å². The van der Waals surface area contributed by atoms with E-state index in [2.05, 4.69) is 39.7 Å². The fraction of sp³-hybridized carbons (Fsp3) is 0. The summed E-state index contributed by atoms with van der Waals surface area (Å²) in [7, 11) is 0. The van der Waals surface area contributed by atoms with Crippen LogP contribution in [0.3, 0.4) is 0 Å². The van der Waals surface area contributed by atoms with Gasteiger partial charge in [0.15, 0.2) is 0 Å². The Kier molecular flexibility index (Phi) is 2.99. The zero-order valence-corrected chi connectivity index (χ0v) is 11.6. The van der Waals surface area contributed by atoms with Crippen molar-refractivity contribution in [1.29, 1.82) is 0 Å². The molecule has 0 amide bonds. The SMILES string of the molecule is Fc1ccc(-c2cc3ccccc3c(I)n2)cc1. The van der Waals surface area contributed by atoms with Gasteiger partial charge in [-0.05, 0) is 58.3 Å². The summed E-state index contributed by atoms with van der Waals surface area (Å²) in [5.41, 5.74) is 1.80.